The Bertz CT molecular complexity index is 1010. The summed E-state index contributed by atoms with van der Waals surface area (Å²) >= 11 is 0. The van der Waals surface area contributed by atoms with Crippen molar-refractivity contribution >= 4 is 5.91 Å². The van der Waals surface area contributed by atoms with Crippen molar-refractivity contribution in [2.75, 3.05) is 20.1 Å². The highest BCUT2D eigenvalue weighted by molar-refractivity contribution is 5.89. The van der Waals surface area contributed by atoms with Gasteiger partial charge in [-0.25, -0.2) is 8.78 Å². The number of nitrogens with one attached hydrogen (secondary N) is 1. The zero-order chi connectivity index (χ0) is 27.2. The third-order valence-corrected chi connectivity index (χ3v) is 8.03. The fourth-order valence-corrected chi connectivity index (χ4v) is 5.26. The Morgan fingerprint density at radius 3 is 2.68 bits per heavy atom. The van der Waals surface area contributed by atoms with Crippen molar-refractivity contribution in [3.05, 3.63) is 71.1 Å². The minimum Gasteiger partial charge on any atom is -0.372 e. The lowest BCUT2D eigenvalue weighted by atomic mass is 9.89. The average molecular weight is 514 g/mol. The van der Waals surface area contributed by atoms with Crippen molar-refractivity contribution in [3.63, 3.8) is 0 Å². The lowest BCUT2D eigenvalue weighted by Gasteiger charge is -2.35. The molecular formula is C31H45F2N3O. The third kappa shape index (κ3) is 7.24. The molecule has 0 saturated heterocycles. The summed E-state index contributed by atoms with van der Waals surface area (Å²) in [4.78, 5) is 17.9. The number of amides is 1. The van der Waals surface area contributed by atoms with Gasteiger partial charge in [-0.05, 0) is 70.1 Å². The monoisotopic (exact) mass is 513 g/mol. The molecule has 1 heterocycles. The van der Waals surface area contributed by atoms with Crippen molar-refractivity contribution in [1.29, 1.82) is 0 Å². The van der Waals surface area contributed by atoms with E-state index in [9.17, 15) is 13.6 Å². The minimum atomic E-state index is -2.71. The maximum atomic E-state index is 14.1. The molecule has 37 heavy (non-hydrogen) atoms. The Morgan fingerprint density at radius 1 is 1.32 bits per heavy atom. The molecule has 0 aromatic heterocycles. The molecule has 1 unspecified atom stereocenters. The molecule has 0 aromatic carbocycles. The van der Waals surface area contributed by atoms with Gasteiger partial charge in [-0.1, -0.05) is 49.5 Å². The first-order valence-electron chi connectivity index (χ1n) is 13.8. The molecule has 1 fully saturated rings. The van der Waals surface area contributed by atoms with Crippen molar-refractivity contribution in [2.24, 2.45) is 5.41 Å². The van der Waals surface area contributed by atoms with E-state index < -0.39 is 11.3 Å². The van der Waals surface area contributed by atoms with Crippen molar-refractivity contribution in [3.8, 4) is 0 Å². The second-order valence-electron chi connectivity index (χ2n) is 10.8. The number of halogens is 2. The number of hydrogen-bond acceptors (Lipinski definition) is 3. The van der Waals surface area contributed by atoms with E-state index in [1.54, 1.807) is 0 Å². The summed E-state index contributed by atoms with van der Waals surface area (Å²) in [5, 5.41) is 3.26. The number of rotatable bonds is 12. The van der Waals surface area contributed by atoms with Crippen LogP contribution in [0.5, 0.6) is 0 Å². The van der Waals surface area contributed by atoms with Gasteiger partial charge in [-0.15, -0.1) is 0 Å². The lowest BCUT2D eigenvalue weighted by molar-refractivity contribution is -0.126. The first-order chi connectivity index (χ1) is 17.5. The summed E-state index contributed by atoms with van der Waals surface area (Å²) in [5.74, 6) is -2.70. The quantitative estimate of drug-likeness (QED) is 0.279. The predicted octanol–water partition coefficient (Wildman–Crippen LogP) is 7.26. The topological polar surface area (TPSA) is 35.6 Å². The van der Waals surface area contributed by atoms with Gasteiger partial charge >= 0.3 is 0 Å². The first-order valence-corrected chi connectivity index (χ1v) is 13.8. The Balaban J connectivity index is 1.66. The summed E-state index contributed by atoms with van der Waals surface area (Å²) in [6, 6.07) is 0. The van der Waals surface area contributed by atoms with Crippen molar-refractivity contribution < 1.29 is 13.6 Å². The van der Waals surface area contributed by atoms with E-state index in [1.165, 1.54) is 18.2 Å². The van der Waals surface area contributed by atoms with Crippen LogP contribution in [0.1, 0.15) is 79.1 Å². The molecule has 3 rings (SSSR count). The molecule has 0 bridgehead atoms. The second-order valence-corrected chi connectivity index (χ2v) is 10.8. The zero-order valence-corrected chi connectivity index (χ0v) is 23.4. The van der Waals surface area contributed by atoms with Crippen LogP contribution < -0.4 is 5.32 Å². The summed E-state index contributed by atoms with van der Waals surface area (Å²) < 4.78 is 28.2. The molecule has 4 nitrogen and oxygen atoms in total. The van der Waals surface area contributed by atoms with Crippen LogP contribution in [0, 0.1) is 5.41 Å². The number of hydrogen-bond donors (Lipinski definition) is 1. The number of carbonyl (C=O) groups excluding carboxylic acids is 1. The minimum absolute atomic E-state index is 0.0123. The van der Waals surface area contributed by atoms with Gasteiger partial charge in [-0.3, -0.25) is 4.79 Å². The normalized spacial score (nSPS) is 21.5. The van der Waals surface area contributed by atoms with Gasteiger partial charge in [0, 0.05) is 50.8 Å². The summed E-state index contributed by atoms with van der Waals surface area (Å²) in [5.41, 5.74) is 4.56. The molecule has 6 heteroatoms. The van der Waals surface area contributed by atoms with Gasteiger partial charge in [0.2, 0.25) is 5.91 Å². The highest BCUT2D eigenvalue weighted by Crippen LogP contribution is 2.54. The summed E-state index contributed by atoms with van der Waals surface area (Å²) in [6.07, 6.45) is 16.5. The Morgan fingerprint density at radius 2 is 2.05 bits per heavy atom. The molecule has 1 amide bonds. The van der Waals surface area contributed by atoms with E-state index in [1.807, 2.05) is 32.2 Å². The van der Waals surface area contributed by atoms with Gasteiger partial charge in [0.15, 0.2) is 0 Å². The largest absolute Gasteiger partial charge is 0.372 e. The fraction of sp³-hybridized carbons (Fsp3) is 0.581. The van der Waals surface area contributed by atoms with Gasteiger partial charge in [0.05, 0.1) is 5.41 Å². The molecule has 0 spiro atoms. The highest BCUT2D eigenvalue weighted by Gasteiger charge is 2.53. The molecule has 204 valence electrons. The number of likely N-dealkylation sites (N-methyl/N-ethyl adjacent to an activating group) is 2. The van der Waals surface area contributed by atoms with Crippen LogP contribution in [-0.4, -0.2) is 47.9 Å². The molecule has 1 aliphatic heterocycles. The number of alkyl halides is 2. The van der Waals surface area contributed by atoms with E-state index in [0.717, 1.165) is 62.9 Å². The van der Waals surface area contributed by atoms with E-state index in [0.29, 0.717) is 5.57 Å². The predicted molar refractivity (Wildman–Crippen MR) is 149 cm³/mol. The Kier molecular flexibility index (Phi) is 9.60. The number of carbonyl (C=O) groups is 1. The van der Waals surface area contributed by atoms with Gasteiger partial charge in [-0.2, -0.15) is 0 Å². The van der Waals surface area contributed by atoms with E-state index in [-0.39, 0.29) is 24.9 Å². The lowest BCUT2D eigenvalue weighted by Crippen LogP contribution is -2.48. The second kappa shape index (κ2) is 12.3. The Hall–Kier alpha value is -2.63. The molecule has 1 N–H and O–H groups in total. The van der Waals surface area contributed by atoms with Crippen LogP contribution in [0.15, 0.2) is 71.1 Å². The fourth-order valence-electron chi connectivity index (χ4n) is 5.26. The average Bonchev–Trinajstić information content (AvgIpc) is 3.67. The van der Waals surface area contributed by atoms with E-state index >= 15 is 0 Å². The van der Waals surface area contributed by atoms with Crippen LogP contribution in [0.3, 0.4) is 0 Å². The molecular weight excluding hydrogens is 468 g/mol. The SMILES string of the molecule is C=C(C)N(CC)C/C=C\CC1=C(C)C=CC(NC(=O)C2(C3=CC(CC(F)(F)CC)=CCCC3)CC2)N1C. The van der Waals surface area contributed by atoms with Gasteiger partial charge in [0.25, 0.3) is 5.92 Å². The van der Waals surface area contributed by atoms with Crippen LogP contribution in [0.4, 0.5) is 8.78 Å². The highest BCUT2D eigenvalue weighted by atomic mass is 19.3. The molecule has 2 aliphatic carbocycles. The van der Waals surface area contributed by atoms with Crippen LogP contribution >= 0.6 is 0 Å². The molecule has 3 aliphatic rings. The first kappa shape index (κ1) is 28.9. The number of nitrogens with zero attached hydrogens (tertiary/aromatic N) is 2. The summed E-state index contributed by atoms with van der Waals surface area (Å²) in [7, 11) is 2.02. The van der Waals surface area contributed by atoms with Crippen LogP contribution in [-0.2, 0) is 4.79 Å². The smallest absolute Gasteiger partial charge is 0.251 e. The van der Waals surface area contributed by atoms with Crippen molar-refractivity contribution in [1.82, 2.24) is 15.1 Å². The maximum absolute atomic E-state index is 14.1. The van der Waals surface area contributed by atoms with Gasteiger partial charge < -0.3 is 15.1 Å². The molecule has 1 atom stereocenters. The molecule has 0 radical (unpaired) electrons. The summed E-state index contributed by atoms with van der Waals surface area (Å²) in [6.45, 7) is 13.5. The molecule has 0 aromatic rings. The number of allylic oxidation sites excluding steroid dienone is 7. The third-order valence-electron chi connectivity index (χ3n) is 8.03. The van der Waals surface area contributed by atoms with Crippen molar-refractivity contribution in [2.45, 2.75) is 91.1 Å². The standard InChI is InChI=1S/C31H45F2N3O/c1-7-31(32,33)22-25-13-9-10-14-26(21-25)30(18-19-30)29(37)34-28-17-16-24(5)27(35(28)6)15-11-12-20-36(8-2)23(3)4/h11-13,16-17,21,28H,3,7-10,14-15,18-20,22H2,1-2,4-6H3,(H,34,37)/b12-11-. The Labute approximate surface area is 222 Å². The molecule has 1 saturated carbocycles. The van der Waals surface area contributed by atoms with E-state index in [2.05, 4.69) is 53.8 Å². The van der Waals surface area contributed by atoms with Crippen LogP contribution in [0.25, 0.3) is 0 Å². The maximum Gasteiger partial charge on any atom is 0.251 e. The van der Waals surface area contributed by atoms with E-state index in [4.69, 9.17) is 0 Å². The van der Waals surface area contributed by atoms with Gasteiger partial charge in [0.1, 0.15) is 6.17 Å². The zero-order valence-electron chi connectivity index (χ0n) is 23.4. The van der Waals surface area contributed by atoms with Crippen LogP contribution in [0.2, 0.25) is 0 Å².